The summed E-state index contributed by atoms with van der Waals surface area (Å²) in [4.78, 5) is 0. The fraction of sp³-hybridized carbons (Fsp3) is 0.625. The summed E-state index contributed by atoms with van der Waals surface area (Å²) in [6.07, 6.45) is 2.35. The average Bonchev–Trinajstić information content (AvgIpc) is 2.45. The van der Waals surface area contributed by atoms with Crippen molar-refractivity contribution in [2.75, 3.05) is 65.5 Å². The van der Waals surface area contributed by atoms with Gasteiger partial charge in [0.1, 0.15) is 5.75 Å². The lowest BCUT2D eigenvalue weighted by Crippen LogP contribution is -2.42. The van der Waals surface area contributed by atoms with Crippen LogP contribution in [0.2, 0.25) is 0 Å². The second-order valence-electron chi connectivity index (χ2n) is 6.08. The van der Waals surface area contributed by atoms with Crippen LogP contribution in [0.1, 0.15) is 12.8 Å². The Bertz CT molecular complexity index is 421. The zero-order chi connectivity index (χ0) is 15.7. The number of quaternary nitrogens is 1. The maximum atomic E-state index is 5.81. The van der Waals surface area contributed by atoms with Crippen molar-refractivity contribution in [3.8, 4) is 5.75 Å². The van der Waals surface area contributed by atoms with E-state index in [-0.39, 0.29) is 0 Å². The van der Waals surface area contributed by atoms with E-state index in [0.717, 1.165) is 35.4 Å². The smallest absolute Gasteiger partial charge is 0.143 e. The minimum Gasteiger partial charge on any atom is -0.495 e. The summed E-state index contributed by atoms with van der Waals surface area (Å²) in [5, 5.41) is 6.63. The van der Waals surface area contributed by atoms with Gasteiger partial charge in [-0.15, -0.1) is 0 Å². The Morgan fingerprint density at radius 3 is 2.43 bits per heavy atom. The third-order valence-corrected chi connectivity index (χ3v) is 3.69. The van der Waals surface area contributed by atoms with E-state index < -0.39 is 0 Å². The molecule has 0 aliphatic heterocycles. The standard InChI is InChI=1S/C16H31N4O/c1-18-9-5-11-20(2,3)12-6-10-19-14-7-8-15(17)16(13-14)21-4/h7-8,13,18-19H,5-6,9-12,17H2,1-4H3/q+1. The van der Waals surface area contributed by atoms with Crippen LogP contribution in [0, 0.1) is 0 Å². The molecule has 0 radical (unpaired) electrons. The van der Waals surface area contributed by atoms with Crippen molar-refractivity contribution in [1.29, 1.82) is 0 Å². The van der Waals surface area contributed by atoms with E-state index in [2.05, 4.69) is 24.7 Å². The van der Waals surface area contributed by atoms with Gasteiger partial charge in [0.05, 0.1) is 40.0 Å². The minimum absolute atomic E-state index is 0.672. The van der Waals surface area contributed by atoms with Crippen LogP contribution in [0.15, 0.2) is 18.2 Å². The number of rotatable bonds is 10. The highest BCUT2D eigenvalue weighted by atomic mass is 16.5. The third kappa shape index (κ3) is 6.69. The van der Waals surface area contributed by atoms with E-state index in [1.165, 1.54) is 19.5 Å². The van der Waals surface area contributed by atoms with E-state index in [4.69, 9.17) is 10.5 Å². The van der Waals surface area contributed by atoms with Crippen LogP contribution in [0.4, 0.5) is 11.4 Å². The molecule has 0 spiro atoms. The van der Waals surface area contributed by atoms with Gasteiger partial charge in [0.25, 0.3) is 0 Å². The summed E-state index contributed by atoms with van der Waals surface area (Å²) < 4.78 is 6.29. The number of hydrogen-bond acceptors (Lipinski definition) is 4. The maximum absolute atomic E-state index is 5.81. The molecule has 1 rings (SSSR count). The minimum atomic E-state index is 0.672. The Balaban J connectivity index is 2.30. The maximum Gasteiger partial charge on any atom is 0.143 e. The Morgan fingerprint density at radius 2 is 1.81 bits per heavy atom. The zero-order valence-electron chi connectivity index (χ0n) is 13.9. The third-order valence-electron chi connectivity index (χ3n) is 3.69. The van der Waals surface area contributed by atoms with Gasteiger partial charge in [-0.05, 0) is 19.2 Å². The number of nitrogens with one attached hydrogen (secondary N) is 2. The number of methoxy groups -OCH3 is 1. The normalized spacial score (nSPS) is 11.4. The van der Waals surface area contributed by atoms with E-state index in [9.17, 15) is 0 Å². The first-order chi connectivity index (χ1) is 9.98. The van der Waals surface area contributed by atoms with E-state index in [1.54, 1.807) is 7.11 Å². The number of anilines is 2. The SMILES string of the molecule is CNCCC[N+](C)(C)CCCNc1ccc(N)c(OC)c1. The van der Waals surface area contributed by atoms with Crippen molar-refractivity contribution in [3.63, 3.8) is 0 Å². The van der Waals surface area contributed by atoms with Crippen LogP contribution in [-0.4, -0.2) is 58.9 Å². The molecule has 120 valence electrons. The highest BCUT2D eigenvalue weighted by Gasteiger charge is 2.13. The lowest BCUT2D eigenvalue weighted by molar-refractivity contribution is -0.890. The van der Waals surface area contributed by atoms with Crippen LogP contribution in [-0.2, 0) is 0 Å². The predicted octanol–water partition coefficient (Wildman–Crippen LogP) is 1.77. The Labute approximate surface area is 129 Å². The molecule has 5 nitrogen and oxygen atoms in total. The fourth-order valence-electron chi connectivity index (χ4n) is 2.36. The molecule has 0 aliphatic carbocycles. The molecule has 0 fully saturated rings. The summed E-state index contributed by atoms with van der Waals surface area (Å²) in [6.45, 7) is 4.42. The van der Waals surface area contributed by atoms with Crippen molar-refractivity contribution < 1.29 is 9.22 Å². The van der Waals surface area contributed by atoms with Gasteiger partial charge in [-0.25, -0.2) is 0 Å². The van der Waals surface area contributed by atoms with Crippen molar-refractivity contribution in [2.45, 2.75) is 12.8 Å². The topological polar surface area (TPSA) is 59.3 Å². The second-order valence-corrected chi connectivity index (χ2v) is 6.08. The molecule has 0 unspecified atom stereocenters. The Hall–Kier alpha value is -1.46. The van der Waals surface area contributed by atoms with Crippen LogP contribution in [0.25, 0.3) is 0 Å². The predicted molar refractivity (Wildman–Crippen MR) is 90.9 cm³/mol. The number of ether oxygens (including phenoxy) is 1. The number of nitrogens with zero attached hydrogens (tertiary/aromatic N) is 1. The van der Waals surface area contributed by atoms with Crippen molar-refractivity contribution in [2.24, 2.45) is 0 Å². The fourth-order valence-corrected chi connectivity index (χ4v) is 2.36. The molecule has 0 heterocycles. The monoisotopic (exact) mass is 295 g/mol. The van der Waals surface area contributed by atoms with Gasteiger partial charge in [-0.2, -0.15) is 0 Å². The van der Waals surface area contributed by atoms with Gasteiger partial charge in [-0.1, -0.05) is 0 Å². The Morgan fingerprint density at radius 1 is 1.14 bits per heavy atom. The number of benzene rings is 1. The summed E-state index contributed by atoms with van der Waals surface area (Å²) in [7, 11) is 8.23. The van der Waals surface area contributed by atoms with Gasteiger partial charge in [-0.3, -0.25) is 0 Å². The summed E-state index contributed by atoms with van der Waals surface area (Å²) in [6, 6.07) is 5.81. The highest BCUT2D eigenvalue weighted by Crippen LogP contribution is 2.24. The molecular weight excluding hydrogens is 264 g/mol. The number of hydrogen-bond donors (Lipinski definition) is 3. The first kappa shape index (κ1) is 17.6. The van der Waals surface area contributed by atoms with Gasteiger partial charge in [0, 0.05) is 37.7 Å². The molecule has 0 bridgehead atoms. The Kier molecular flexibility index (Phi) is 7.32. The first-order valence-corrected chi connectivity index (χ1v) is 7.62. The highest BCUT2D eigenvalue weighted by molar-refractivity contribution is 5.61. The molecule has 1 aromatic rings. The van der Waals surface area contributed by atoms with E-state index in [0.29, 0.717) is 5.69 Å². The van der Waals surface area contributed by atoms with Gasteiger partial charge < -0.3 is 25.6 Å². The van der Waals surface area contributed by atoms with Crippen LogP contribution < -0.4 is 21.1 Å². The zero-order valence-corrected chi connectivity index (χ0v) is 13.9. The molecule has 0 saturated heterocycles. The molecule has 0 amide bonds. The molecule has 21 heavy (non-hydrogen) atoms. The number of nitrogens with two attached hydrogens (primary N) is 1. The number of nitrogen functional groups attached to an aromatic ring is 1. The summed E-state index contributed by atoms with van der Waals surface area (Å²) >= 11 is 0. The molecule has 1 aromatic carbocycles. The summed E-state index contributed by atoms with van der Waals surface area (Å²) in [5.74, 6) is 0.725. The van der Waals surface area contributed by atoms with Gasteiger partial charge in [0.15, 0.2) is 0 Å². The largest absolute Gasteiger partial charge is 0.495 e. The second kappa shape index (κ2) is 8.74. The van der Waals surface area contributed by atoms with Crippen LogP contribution in [0.3, 0.4) is 0 Å². The molecule has 5 heteroatoms. The van der Waals surface area contributed by atoms with Crippen LogP contribution in [0.5, 0.6) is 5.75 Å². The quantitative estimate of drug-likeness (QED) is 0.350. The van der Waals surface area contributed by atoms with Gasteiger partial charge >= 0.3 is 0 Å². The lowest BCUT2D eigenvalue weighted by atomic mass is 10.2. The first-order valence-electron chi connectivity index (χ1n) is 7.62. The van der Waals surface area contributed by atoms with Gasteiger partial charge in [0.2, 0.25) is 0 Å². The van der Waals surface area contributed by atoms with E-state index >= 15 is 0 Å². The molecule has 0 aromatic heterocycles. The molecule has 0 saturated carbocycles. The lowest BCUT2D eigenvalue weighted by Gasteiger charge is -2.30. The summed E-state index contributed by atoms with van der Waals surface area (Å²) in [5.41, 5.74) is 7.54. The average molecular weight is 295 g/mol. The molecule has 0 atom stereocenters. The van der Waals surface area contributed by atoms with Crippen molar-refractivity contribution in [1.82, 2.24) is 5.32 Å². The molecular formula is C16H31N4O+. The molecule has 0 aliphatic rings. The molecule has 4 N–H and O–H groups in total. The van der Waals surface area contributed by atoms with Crippen molar-refractivity contribution in [3.05, 3.63) is 18.2 Å². The van der Waals surface area contributed by atoms with E-state index in [1.807, 2.05) is 25.2 Å². The van der Waals surface area contributed by atoms with Crippen molar-refractivity contribution >= 4 is 11.4 Å². The van der Waals surface area contributed by atoms with Crippen LogP contribution >= 0.6 is 0 Å².